The lowest BCUT2D eigenvalue weighted by molar-refractivity contribution is -0.120. The topological polar surface area (TPSA) is 55.6 Å². The van der Waals surface area contributed by atoms with Crippen molar-refractivity contribution < 1.29 is 9.53 Å². The second-order valence-corrected chi connectivity index (χ2v) is 2.98. The van der Waals surface area contributed by atoms with Gasteiger partial charge in [-0.2, -0.15) is 0 Å². The number of nitrogens with two attached hydrogens (primary N) is 1. The minimum Gasteiger partial charge on any atom is -0.373 e. The monoisotopic (exact) mass is 157 g/mol. The van der Waals surface area contributed by atoms with Crippen LogP contribution in [0.2, 0.25) is 0 Å². The van der Waals surface area contributed by atoms with Crippen molar-refractivity contribution in [2.45, 2.75) is 38.3 Å². The van der Waals surface area contributed by atoms with Gasteiger partial charge in [0.25, 0.3) is 0 Å². The summed E-state index contributed by atoms with van der Waals surface area (Å²) in [4.78, 5) is 11.1. The summed E-state index contributed by atoms with van der Waals surface area (Å²) in [6.45, 7) is 2.75. The van der Waals surface area contributed by atoms with Crippen molar-refractivity contribution in [2.24, 2.45) is 5.73 Å². The Balaban J connectivity index is 2.08. The zero-order chi connectivity index (χ0) is 8.27. The molecule has 0 aliphatic carbocycles. The highest BCUT2D eigenvalue weighted by molar-refractivity contribution is 5.83. The van der Waals surface area contributed by atoms with Gasteiger partial charge in [0.05, 0.1) is 18.8 Å². The zero-order valence-electron chi connectivity index (χ0n) is 6.88. The smallest absolute Gasteiger partial charge is 0.149 e. The molecule has 0 aromatic carbocycles. The first-order valence-electron chi connectivity index (χ1n) is 4.14. The van der Waals surface area contributed by atoms with Crippen LogP contribution >= 0.6 is 0 Å². The van der Waals surface area contributed by atoms with Crippen molar-refractivity contribution in [3.63, 3.8) is 0 Å². The van der Waals surface area contributed by atoms with Gasteiger partial charge in [0, 0.05) is 6.42 Å². The quantitative estimate of drug-likeness (QED) is 0.590. The number of rotatable bonds is 5. The molecule has 2 unspecified atom stereocenters. The molecule has 1 heterocycles. The Hall–Kier alpha value is -0.410. The van der Waals surface area contributed by atoms with Crippen molar-refractivity contribution in [3.05, 3.63) is 0 Å². The normalized spacial score (nSPS) is 24.7. The van der Waals surface area contributed by atoms with E-state index >= 15 is 0 Å². The Morgan fingerprint density at radius 2 is 2.45 bits per heavy atom. The van der Waals surface area contributed by atoms with E-state index in [1.807, 2.05) is 6.92 Å². The molecule has 1 aliphatic rings. The lowest BCUT2D eigenvalue weighted by atomic mass is 10.1. The first kappa shape index (κ1) is 8.68. The van der Waals surface area contributed by atoms with Gasteiger partial charge in [-0.25, -0.2) is 0 Å². The van der Waals surface area contributed by atoms with E-state index in [0.717, 1.165) is 19.4 Å². The molecule has 1 saturated heterocycles. The Morgan fingerprint density at radius 3 is 2.91 bits per heavy atom. The molecule has 2 atom stereocenters. The van der Waals surface area contributed by atoms with Crippen LogP contribution in [0.25, 0.3) is 0 Å². The summed E-state index contributed by atoms with van der Waals surface area (Å²) in [5.74, 6) is 0.169. The SMILES string of the molecule is CCC(N)C(=O)CCC1CO1. The van der Waals surface area contributed by atoms with Crippen LogP contribution in [0.5, 0.6) is 0 Å². The second-order valence-electron chi connectivity index (χ2n) is 2.98. The van der Waals surface area contributed by atoms with Crippen LogP contribution in [-0.4, -0.2) is 24.5 Å². The Kier molecular flexibility index (Phi) is 3.02. The molecule has 11 heavy (non-hydrogen) atoms. The summed E-state index contributed by atoms with van der Waals surface area (Å²) >= 11 is 0. The van der Waals surface area contributed by atoms with Gasteiger partial charge < -0.3 is 10.5 Å². The average molecular weight is 157 g/mol. The average Bonchev–Trinajstić information content (AvgIpc) is 2.81. The Morgan fingerprint density at radius 1 is 1.82 bits per heavy atom. The maximum atomic E-state index is 11.1. The second kappa shape index (κ2) is 3.83. The van der Waals surface area contributed by atoms with Crippen LogP contribution in [0.15, 0.2) is 0 Å². The molecule has 3 heteroatoms. The van der Waals surface area contributed by atoms with Gasteiger partial charge >= 0.3 is 0 Å². The molecule has 0 radical (unpaired) electrons. The number of carbonyl (C=O) groups is 1. The summed E-state index contributed by atoms with van der Waals surface area (Å²) in [5.41, 5.74) is 5.53. The van der Waals surface area contributed by atoms with E-state index in [4.69, 9.17) is 10.5 Å². The zero-order valence-corrected chi connectivity index (χ0v) is 6.88. The van der Waals surface area contributed by atoms with Crippen LogP contribution in [0, 0.1) is 0 Å². The van der Waals surface area contributed by atoms with Crippen LogP contribution in [-0.2, 0) is 9.53 Å². The number of carbonyl (C=O) groups excluding carboxylic acids is 1. The molecule has 2 N–H and O–H groups in total. The van der Waals surface area contributed by atoms with Crippen LogP contribution in [0.1, 0.15) is 26.2 Å². The number of ether oxygens (including phenoxy) is 1. The maximum absolute atomic E-state index is 11.1. The van der Waals surface area contributed by atoms with Crippen molar-refractivity contribution in [3.8, 4) is 0 Å². The van der Waals surface area contributed by atoms with E-state index in [0.29, 0.717) is 12.5 Å². The van der Waals surface area contributed by atoms with Crippen LogP contribution in [0.3, 0.4) is 0 Å². The molecule has 64 valence electrons. The maximum Gasteiger partial charge on any atom is 0.149 e. The number of hydrogen-bond donors (Lipinski definition) is 1. The highest BCUT2D eigenvalue weighted by atomic mass is 16.6. The summed E-state index contributed by atoms with van der Waals surface area (Å²) < 4.78 is 4.98. The third-order valence-electron chi connectivity index (χ3n) is 1.97. The molecule has 0 bridgehead atoms. The third kappa shape index (κ3) is 2.99. The molecular formula is C8H15NO2. The molecule has 0 spiro atoms. The standard InChI is InChI=1S/C8H15NO2/c1-2-7(9)8(10)4-3-6-5-11-6/h6-7H,2-5,9H2,1H3. The molecule has 0 aromatic heterocycles. The summed E-state index contributed by atoms with van der Waals surface area (Å²) in [5, 5.41) is 0. The molecule has 1 fully saturated rings. The summed E-state index contributed by atoms with van der Waals surface area (Å²) in [7, 11) is 0. The first-order valence-corrected chi connectivity index (χ1v) is 4.14. The number of hydrogen-bond acceptors (Lipinski definition) is 3. The molecule has 1 aliphatic heterocycles. The molecule has 0 saturated carbocycles. The molecule has 1 rings (SSSR count). The number of Topliss-reactive ketones (excluding diaryl/α,β-unsaturated/α-hetero) is 1. The minimum atomic E-state index is -0.256. The van der Waals surface area contributed by atoms with E-state index in [1.54, 1.807) is 0 Å². The fourth-order valence-electron chi connectivity index (χ4n) is 0.951. The molecule has 0 amide bonds. The van der Waals surface area contributed by atoms with Gasteiger partial charge in [0.15, 0.2) is 0 Å². The van der Waals surface area contributed by atoms with Crippen molar-refractivity contribution >= 4 is 5.78 Å². The lowest BCUT2D eigenvalue weighted by Gasteiger charge is -2.05. The highest BCUT2D eigenvalue weighted by Gasteiger charge is 2.23. The predicted molar refractivity (Wildman–Crippen MR) is 42.2 cm³/mol. The highest BCUT2D eigenvalue weighted by Crippen LogP contribution is 2.15. The lowest BCUT2D eigenvalue weighted by Crippen LogP contribution is -2.29. The summed E-state index contributed by atoms with van der Waals surface area (Å²) in [6.07, 6.45) is 2.53. The third-order valence-corrected chi connectivity index (χ3v) is 1.97. The molecular weight excluding hydrogens is 142 g/mol. The molecule has 0 aromatic rings. The minimum absolute atomic E-state index is 0.169. The van der Waals surface area contributed by atoms with Gasteiger partial charge in [-0.05, 0) is 12.8 Å². The fraction of sp³-hybridized carbons (Fsp3) is 0.875. The van der Waals surface area contributed by atoms with Crippen molar-refractivity contribution in [1.82, 2.24) is 0 Å². The number of ketones is 1. The Bertz CT molecular complexity index is 143. The molecule has 3 nitrogen and oxygen atoms in total. The van der Waals surface area contributed by atoms with Crippen LogP contribution < -0.4 is 5.73 Å². The van der Waals surface area contributed by atoms with E-state index in [9.17, 15) is 4.79 Å². The van der Waals surface area contributed by atoms with Gasteiger partial charge in [0.2, 0.25) is 0 Å². The fourth-order valence-corrected chi connectivity index (χ4v) is 0.951. The van der Waals surface area contributed by atoms with E-state index in [2.05, 4.69) is 0 Å². The van der Waals surface area contributed by atoms with Crippen molar-refractivity contribution in [2.75, 3.05) is 6.61 Å². The predicted octanol–water partition coefficient (Wildman–Crippen LogP) is 0.472. The number of epoxide rings is 1. The van der Waals surface area contributed by atoms with E-state index < -0.39 is 0 Å². The van der Waals surface area contributed by atoms with Crippen molar-refractivity contribution in [1.29, 1.82) is 0 Å². The van der Waals surface area contributed by atoms with E-state index in [-0.39, 0.29) is 11.8 Å². The first-order chi connectivity index (χ1) is 5.24. The van der Waals surface area contributed by atoms with Gasteiger partial charge in [0.1, 0.15) is 5.78 Å². The largest absolute Gasteiger partial charge is 0.373 e. The Labute approximate surface area is 66.9 Å². The van der Waals surface area contributed by atoms with E-state index in [1.165, 1.54) is 0 Å². The van der Waals surface area contributed by atoms with Gasteiger partial charge in [-0.1, -0.05) is 6.92 Å². The van der Waals surface area contributed by atoms with Gasteiger partial charge in [-0.3, -0.25) is 4.79 Å². The van der Waals surface area contributed by atoms with Gasteiger partial charge in [-0.15, -0.1) is 0 Å². The summed E-state index contributed by atoms with van der Waals surface area (Å²) in [6, 6.07) is -0.256. The van der Waals surface area contributed by atoms with Crippen LogP contribution in [0.4, 0.5) is 0 Å².